The largest absolute Gasteiger partial charge is 0.430 e. The molecular formula is C30H48O4. The molecule has 2 atom stereocenters. The van der Waals surface area contributed by atoms with Gasteiger partial charge in [-0.3, -0.25) is 0 Å². The van der Waals surface area contributed by atoms with Crippen LogP contribution >= 0.6 is 0 Å². The molecule has 1 heterocycles. The van der Waals surface area contributed by atoms with E-state index in [1.807, 2.05) is 12.1 Å². The Morgan fingerprint density at radius 3 is 2.09 bits per heavy atom. The van der Waals surface area contributed by atoms with Crippen LogP contribution in [-0.4, -0.2) is 31.6 Å². The van der Waals surface area contributed by atoms with E-state index in [1.165, 1.54) is 95.5 Å². The number of unbranched alkanes of at least 4 members (excludes halogenated alkanes) is 7. The second kappa shape index (κ2) is 15.6. The van der Waals surface area contributed by atoms with E-state index in [2.05, 4.69) is 26.0 Å². The van der Waals surface area contributed by atoms with E-state index in [4.69, 9.17) is 14.2 Å². The van der Waals surface area contributed by atoms with Gasteiger partial charge in [-0.1, -0.05) is 90.2 Å². The molecular weight excluding hydrogens is 424 g/mol. The molecule has 0 radical (unpaired) electrons. The van der Waals surface area contributed by atoms with Crippen molar-refractivity contribution in [1.29, 1.82) is 0 Å². The zero-order valence-corrected chi connectivity index (χ0v) is 21.8. The number of rotatable bonds is 14. The first-order chi connectivity index (χ1) is 16.7. The van der Waals surface area contributed by atoms with Crippen molar-refractivity contribution in [3.05, 3.63) is 35.4 Å². The summed E-state index contributed by atoms with van der Waals surface area (Å²) in [4.78, 5) is 12.6. The van der Waals surface area contributed by atoms with Gasteiger partial charge in [0.05, 0.1) is 18.3 Å². The monoisotopic (exact) mass is 472 g/mol. The number of carbonyl (C=O) groups excluding carboxylic acids is 1. The Hall–Kier alpha value is -1.39. The molecule has 0 bridgehead atoms. The van der Waals surface area contributed by atoms with Gasteiger partial charge < -0.3 is 14.2 Å². The van der Waals surface area contributed by atoms with Crippen molar-refractivity contribution in [2.75, 3.05) is 13.2 Å². The van der Waals surface area contributed by atoms with E-state index < -0.39 is 6.29 Å². The minimum Gasteiger partial charge on any atom is -0.430 e. The molecule has 4 nitrogen and oxygen atoms in total. The van der Waals surface area contributed by atoms with Gasteiger partial charge in [0, 0.05) is 0 Å². The van der Waals surface area contributed by atoms with Crippen molar-refractivity contribution in [2.24, 2.45) is 5.92 Å². The third kappa shape index (κ3) is 9.34. The Balaban J connectivity index is 1.33. The highest BCUT2D eigenvalue weighted by Gasteiger charge is 2.26. The van der Waals surface area contributed by atoms with E-state index in [-0.39, 0.29) is 12.1 Å². The Morgan fingerprint density at radius 2 is 1.44 bits per heavy atom. The maximum absolute atomic E-state index is 12.6. The highest BCUT2D eigenvalue weighted by atomic mass is 16.7. The Bertz CT molecular complexity index is 670. The minimum absolute atomic E-state index is 0.127. The first kappa shape index (κ1) is 27.2. The number of benzene rings is 1. The molecule has 0 unspecified atom stereocenters. The summed E-state index contributed by atoms with van der Waals surface area (Å²) in [6, 6.07) is 8.07. The smallest absolute Gasteiger partial charge is 0.340 e. The van der Waals surface area contributed by atoms with Crippen molar-refractivity contribution >= 4 is 5.97 Å². The predicted molar refractivity (Wildman–Crippen MR) is 138 cm³/mol. The van der Waals surface area contributed by atoms with E-state index in [0.29, 0.717) is 24.7 Å². The summed E-state index contributed by atoms with van der Waals surface area (Å²) in [7, 11) is 0. The van der Waals surface area contributed by atoms with Gasteiger partial charge in [0.25, 0.3) is 0 Å². The summed E-state index contributed by atoms with van der Waals surface area (Å²) in [5.41, 5.74) is 1.95. The molecule has 34 heavy (non-hydrogen) atoms. The molecule has 192 valence electrons. The molecule has 4 heteroatoms. The predicted octanol–water partition coefficient (Wildman–Crippen LogP) is 8.19. The first-order valence-electron chi connectivity index (χ1n) is 14.2. The highest BCUT2D eigenvalue weighted by molar-refractivity contribution is 5.89. The van der Waals surface area contributed by atoms with E-state index in [0.717, 1.165) is 12.3 Å². The molecule has 0 N–H and O–H groups in total. The highest BCUT2D eigenvalue weighted by Crippen LogP contribution is 2.37. The zero-order valence-electron chi connectivity index (χ0n) is 21.8. The van der Waals surface area contributed by atoms with Gasteiger partial charge in [0.2, 0.25) is 6.29 Å². The van der Waals surface area contributed by atoms with Gasteiger partial charge in [-0.2, -0.15) is 0 Å². The fourth-order valence-corrected chi connectivity index (χ4v) is 5.46. The third-order valence-corrected chi connectivity index (χ3v) is 7.73. The molecule has 0 aromatic heterocycles. The van der Waals surface area contributed by atoms with Crippen LogP contribution in [-0.2, 0) is 14.2 Å². The van der Waals surface area contributed by atoms with Gasteiger partial charge in [0.1, 0.15) is 6.61 Å². The Labute approximate surface area is 208 Å². The molecule has 3 rings (SSSR count). The van der Waals surface area contributed by atoms with Crippen LogP contribution in [0.25, 0.3) is 0 Å². The van der Waals surface area contributed by atoms with Crippen LogP contribution in [0.2, 0.25) is 0 Å². The third-order valence-electron chi connectivity index (χ3n) is 7.73. The lowest BCUT2D eigenvalue weighted by molar-refractivity contribution is -0.213. The summed E-state index contributed by atoms with van der Waals surface area (Å²) in [5.74, 6) is 1.22. The number of hydrogen-bond acceptors (Lipinski definition) is 4. The summed E-state index contributed by atoms with van der Waals surface area (Å²) in [5, 5.41) is 0. The van der Waals surface area contributed by atoms with Crippen LogP contribution in [0, 0.1) is 5.92 Å². The van der Waals surface area contributed by atoms with Crippen LogP contribution in [0.5, 0.6) is 0 Å². The maximum atomic E-state index is 12.6. The lowest BCUT2D eigenvalue weighted by Crippen LogP contribution is -2.38. The van der Waals surface area contributed by atoms with Crippen LogP contribution in [0.3, 0.4) is 0 Å². The Morgan fingerprint density at radius 1 is 0.794 bits per heavy atom. The summed E-state index contributed by atoms with van der Waals surface area (Å²) < 4.78 is 17.1. The van der Waals surface area contributed by atoms with Crippen LogP contribution in [0.4, 0.5) is 0 Å². The zero-order chi connectivity index (χ0) is 24.0. The normalized spacial score (nSPS) is 25.2. The van der Waals surface area contributed by atoms with Crippen molar-refractivity contribution in [1.82, 2.24) is 0 Å². The standard InChI is InChI=1S/C30H48O4/c1-3-5-7-9-10-12-24-14-16-25(17-15-24)26-18-20-27(21-19-26)30(31)34-29-23-32-28(22-33-29)13-11-8-6-4-2/h18-21,24-25,28-29H,3-17,22-23H2,1-2H3/t24?,25?,28-,29-/m0/s1. The van der Waals surface area contributed by atoms with Crippen molar-refractivity contribution in [2.45, 2.75) is 128 Å². The van der Waals surface area contributed by atoms with Crippen molar-refractivity contribution in [3.63, 3.8) is 0 Å². The second-order valence-corrected chi connectivity index (χ2v) is 10.5. The lowest BCUT2D eigenvalue weighted by atomic mass is 9.77. The van der Waals surface area contributed by atoms with Crippen LogP contribution in [0.1, 0.15) is 132 Å². The van der Waals surface area contributed by atoms with E-state index in [1.54, 1.807) is 0 Å². The molecule has 1 aromatic rings. The van der Waals surface area contributed by atoms with Gasteiger partial charge in [-0.05, 0) is 61.6 Å². The first-order valence-corrected chi connectivity index (χ1v) is 14.2. The topological polar surface area (TPSA) is 44.8 Å². The second-order valence-electron chi connectivity index (χ2n) is 10.5. The van der Waals surface area contributed by atoms with Crippen molar-refractivity contribution < 1.29 is 19.0 Å². The van der Waals surface area contributed by atoms with Gasteiger partial charge >= 0.3 is 5.97 Å². The minimum atomic E-state index is -0.601. The molecule has 1 saturated heterocycles. The Kier molecular flexibility index (Phi) is 12.5. The van der Waals surface area contributed by atoms with Gasteiger partial charge in [-0.25, -0.2) is 4.79 Å². The molecule has 0 spiro atoms. The summed E-state index contributed by atoms with van der Waals surface area (Å²) in [6.45, 7) is 5.32. The lowest BCUT2D eigenvalue weighted by Gasteiger charge is -2.29. The van der Waals surface area contributed by atoms with E-state index in [9.17, 15) is 4.79 Å². The molecule has 2 aliphatic rings. The number of hydrogen-bond donors (Lipinski definition) is 0. The van der Waals surface area contributed by atoms with Gasteiger partial charge in [-0.15, -0.1) is 0 Å². The van der Waals surface area contributed by atoms with Crippen LogP contribution < -0.4 is 0 Å². The summed E-state index contributed by atoms with van der Waals surface area (Å²) in [6.07, 6.45) is 19.0. The van der Waals surface area contributed by atoms with Crippen LogP contribution in [0.15, 0.2) is 24.3 Å². The van der Waals surface area contributed by atoms with Gasteiger partial charge in [0.15, 0.2) is 0 Å². The number of carbonyl (C=O) groups is 1. The van der Waals surface area contributed by atoms with E-state index >= 15 is 0 Å². The SMILES string of the molecule is CCCCCCCC1CCC(c2ccc(C(=O)O[C@H]3CO[C@@H](CCCCCC)CO3)cc2)CC1. The molecule has 1 aliphatic carbocycles. The fourth-order valence-electron chi connectivity index (χ4n) is 5.46. The number of esters is 1. The molecule has 1 aliphatic heterocycles. The molecule has 2 fully saturated rings. The average Bonchev–Trinajstić information content (AvgIpc) is 2.88. The fraction of sp³-hybridized carbons (Fsp3) is 0.767. The molecule has 1 saturated carbocycles. The quantitative estimate of drug-likeness (QED) is 0.202. The number of ether oxygens (including phenoxy) is 3. The molecule has 0 amide bonds. The summed E-state index contributed by atoms with van der Waals surface area (Å²) >= 11 is 0. The maximum Gasteiger partial charge on any atom is 0.340 e. The van der Waals surface area contributed by atoms with Crippen molar-refractivity contribution in [3.8, 4) is 0 Å². The molecule has 1 aromatic carbocycles. The average molecular weight is 473 g/mol.